The van der Waals surface area contributed by atoms with Gasteiger partial charge in [0.1, 0.15) is 0 Å². The summed E-state index contributed by atoms with van der Waals surface area (Å²) in [6.07, 6.45) is 5.68. The maximum atomic E-state index is 12.7. The van der Waals surface area contributed by atoms with Crippen LogP contribution in [-0.2, 0) is 10.0 Å². The van der Waals surface area contributed by atoms with E-state index in [0.717, 1.165) is 44.9 Å². The minimum Gasteiger partial charge on any atom is -0.465 e. The highest BCUT2D eigenvalue weighted by molar-refractivity contribution is 7.89. The average molecular weight is 352 g/mol. The molecular formula is C17H24N2O4S. The highest BCUT2D eigenvalue weighted by atomic mass is 32.2. The van der Waals surface area contributed by atoms with Crippen molar-refractivity contribution in [1.29, 1.82) is 0 Å². The van der Waals surface area contributed by atoms with E-state index in [4.69, 9.17) is 0 Å². The summed E-state index contributed by atoms with van der Waals surface area (Å²) >= 11 is 0. The van der Waals surface area contributed by atoms with Crippen molar-refractivity contribution in [3.8, 4) is 0 Å². The largest absolute Gasteiger partial charge is 0.465 e. The number of anilines is 1. The van der Waals surface area contributed by atoms with Crippen LogP contribution in [0, 0.1) is 0 Å². The fourth-order valence-electron chi connectivity index (χ4n) is 3.67. The highest BCUT2D eigenvalue weighted by Crippen LogP contribution is 2.30. The molecule has 3 rings (SSSR count). The second-order valence-electron chi connectivity index (χ2n) is 6.55. The fourth-order valence-corrected chi connectivity index (χ4v) is 5.19. The Hall–Kier alpha value is -1.60. The fraction of sp³-hybridized carbons (Fsp3) is 0.588. The van der Waals surface area contributed by atoms with Crippen LogP contribution in [0.4, 0.5) is 10.5 Å². The maximum Gasteiger partial charge on any atom is 0.412 e. The summed E-state index contributed by atoms with van der Waals surface area (Å²) in [6.45, 7) is 1.13. The van der Waals surface area contributed by atoms with Gasteiger partial charge in [0.15, 0.2) is 0 Å². The molecule has 2 aliphatic rings. The molecule has 1 aromatic rings. The zero-order valence-corrected chi connectivity index (χ0v) is 14.5. The van der Waals surface area contributed by atoms with Crippen LogP contribution in [0.1, 0.15) is 44.9 Å². The zero-order chi connectivity index (χ0) is 17.2. The maximum absolute atomic E-state index is 12.7. The Morgan fingerprint density at radius 1 is 1.00 bits per heavy atom. The summed E-state index contributed by atoms with van der Waals surface area (Å²) < 4.78 is 26.8. The summed E-state index contributed by atoms with van der Waals surface area (Å²) in [5, 5.41) is 9.52. The topological polar surface area (TPSA) is 77.9 Å². The first-order valence-corrected chi connectivity index (χ1v) is 10.1. The molecular weight excluding hydrogens is 328 g/mol. The standard InChI is InChI=1S/C17H24N2O4S/c20-17(21)19(14-6-2-3-7-14)15-8-10-16(11-9-15)24(22,23)18-12-4-1-5-13-18/h8-11,14H,1-7,12-13H2,(H,20,21). The lowest BCUT2D eigenvalue weighted by molar-refractivity contribution is 0.199. The smallest absolute Gasteiger partial charge is 0.412 e. The van der Waals surface area contributed by atoms with Crippen molar-refractivity contribution in [3.63, 3.8) is 0 Å². The molecule has 1 heterocycles. The first-order valence-electron chi connectivity index (χ1n) is 8.62. The molecule has 1 N–H and O–H groups in total. The number of hydrogen-bond acceptors (Lipinski definition) is 3. The SMILES string of the molecule is O=C(O)N(c1ccc(S(=O)(=O)N2CCCCC2)cc1)C1CCCC1. The van der Waals surface area contributed by atoms with Gasteiger partial charge in [-0.1, -0.05) is 19.3 Å². The highest BCUT2D eigenvalue weighted by Gasteiger charge is 2.29. The van der Waals surface area contributed by atoms with Gasteiger partial charge in [0.25, 0.3) is 0 Å². The molecule has 0 aromatic heterocycles. The van der Waals surface area contributed by atoms with Gasteiger partial charge in [-0.25, -0.2) is 13.2 Å². The lowest BCUT2D eigenvalue weighted by Gasteiger charge is -2.27. The van der Waals surface area contributed by atoms with Gasteiger partial charge in [0, 0.05) is 24.8 Å². The number of carbonyl (C=O) groups is 1. The third-order valence-electron chi connectivity index (χ3n) is 4.96. The van der Waals surface area contributed by atoms with Crippen molar-refractivity contribution in [2.75, 3.05) is 18.0 Å². The average Bonchev–Trinajstić information content (AvgIpc) is 3.10. The number of rotatable bonds is 4. The molecule has 24 heavy (non-hydrogen) atoms. The lowest BCUT2D eigenvalue weighted by Crippen LogP contribution is -2.38. The summed E-state index contributed by atoms with van der Waals surface area (Å²) in [5.41, 5.74) is 0.548. The first kappa shape index (κ1) is 17.2. The Balaban J connectivity index is 1.82. The monoisotopic (exact) mass is 352 g/mol. The number of sulfonamides is 1. The van der Waals surface area contributed by atoms with E-state index in [1.54, 1.807) is 12.1 Å². The van der Waals surface area contributed by atoms with Crippen LogP contribution in [0.3, 0.4) is 0 Å². The Bertz CT molecular complexity index is 675. The Kier molecular flexibility index (Phi) is 5.10. The summed E-state index contributed by atoms with van der Waals surface area (Å²) in [5.74, 6) is 0. The summed E-state index contributed by atoms with van der Waals surface area (Å²) in [4.78, 5) is 13.2. The van der Waals surface area contributed by atoms with Gasteiger partial charge in [-0.3, -0.25) is 4.90 Å². The Morgan fingerprint density at radius 3 is 2.12 bits per heavy atom. The van der Waals surface area contributed by atoms with Crippen LogP contribution >= 0.6 is 0 Å². The van der Waals surface area contributed by atoms with Crippen LogP contribution < -0.4 is 4.90 Å². The van der Waals surface area contributed by atoms with Crippen molar-refractivity contribution >= 4 is 21.8 Å². The molecule has 1 aliphatic heterocycles. The molecule has 6 nitrogen and oxygen atoms in total. The van der Waals surface area contributed by atoms with Gasteiger partial charge in [0.2, 0.25) is 10.0 Å². The van der Waals surface area contributed by atoms with Gasteiger partial charge in [-0.15, -0.1) is 0 Å². The van der Waals surface area contributed by atoms with Crippen molar-refractivity contribution in [3.05, 3.63) is 24.3 Å². The number of hydrogen-bond donors (Lipinski definition) is 1. The molecule has 0 unspecified atom stereocenters. The van der Waals surface area contributed by atoms with Crippen molar-refractivity contribution in [2.24, 2.45) is 0 Å². The van der Waals surface area contributed by atoms with Gasteiger partial charge in [-0.05, 0) is 49.9 Å². The molecule has 1 saturated heterocycles. The first-order chi connectivity index (χ1) is 11.5. The van der Waals surface area contributed by atoms with E-state index in [2.05, 4.69) is 0 Å². The van der Waals surface area contributed by atoms with E-state index < -0.39 is 16.1 Å². The van der Waals surface area contributed by atoms with Crippen molar-refractivity contribution in [2.45, 2.75) is 55.9 Å². The molecule has 0 radical (unpaired) electrons. The molecule has 2 fully saturated rings. The second kappa shape index (κ2) is 7.11. The Morgan fingerprint density at radius 2 is 1.58 bits per heavy atom. The minimum absolute atomic E-state index is 0.00736. The van der Waals surface area contributed by atoms with E-state index in [-0.39, 0.29) is 10.9 Å². The number of carboxylic acid groups (broad SMARTS) is 1. The van der Waals surface area contributed by atoms with E-state index in [1.165, 1.54) is 21.3 Å². The van der Waals surface area contributed by atoms with Crippen LogP contribution in [0.5, 0.6) is 0 Å². The Labute approximate surface area is 143 Å². The summed E-state index contributed by atoms with van der Waals surface area (Å²) in [7, 11) is -3.48. The number of amides is 1. The van der Waals surface area contributed by atoms with Gasteiger partial charge >= 0.3 is 6.09 Å². The molecule has 1 saturated carbocycles. The van der Waals surface area contributed by atoms with E-state index >= 15 is 0 Å². The van der Waals surface area contributed by atoms with E-state index in [0.29, 0.717) is 18.8 Å². The number of nitrogens with zero attached hydrogens (tertiary/aromatic N) is 2. The van der Waals surface area contributed by atoms with Gasteiger partial charge in [0.05, 0.1) is 4.90 Å². The van der Waals surface area contributed by atoms with Crippen LogP contribution in [0.25, 0.3) is 0 Å². The van der Waals surface area contributed by atoms with Crippen molar-refractivity contribution in [1.82, 2.24) is 4.31 Å². The minimum atomic E-state index is -3.48. The molecule has 132 valence electrons. The normalized spacial score (nSPS) is 20.2. The molecule has 0 bridgehead atoms. The van der Waals surface area contributed by atoms with Crippen LogP contribution in [0.15, 0.2) is 29.2 Å². The van der Waals surface area contributed by atoms with Crippen molar-refractivity contribution < 1.29 is 18.3 Å². The second-order valence-corrected chi connectivity index (χ2v) is 8.49. The molecule has 1 amide bonds. The number of benzene rings is 1. The predicted molar refractivity (Wildman–Crippen MR) is 91.8 cm³/mol. The number of piperidine rings is 1. The van der Waals surface area contributed by atoms with Crippen LogP contribution in [-0.4, -0.2) is 43.1 Å². The van der Waals surface area contributed by atoms with Gasteiger partial charge < -0.3 is 5.11 Å². The summed E-state index contributed by atoms with van der Waals surface area (Å²) in [6, 6.07) is 6.29. The third-order valence-corrected chi connectivity index (χ3v) is 6.88. The quantitative estimate of drug-likeness (QED) is 0.902. The lowest BCUT2D eigenvalue weighted by atomic mass is 10.2. The molecule has 7 heteroatoms. The van der Waals surface area contributed by atoms with Gasteiger partial charge in [-0.2, -0.15) is 4.31 Å². The van der Waals surface area contributed by atoms with E-state index in [1.807, 2.05) is 0 Å². The predicted octanol–water partition coefficient (Wildman–Crippen LogP) is 3.29. The third kappa shape index (κ3) is 3.42. The molecule has 1 aromatic carbocycles. The molecule has 0 atom stereocenters. The van der Waals surface area contributed by atoms with Crippen LogP contribution in [0.2, 0.25) is 0 Å². The molecule has 1 aliphatic carbocycles. The van der Waals surface area contributed by atoms with E-state index in [9.17, 15) is 18.3 Å². The zero-order valence-electron chi connectivity index (χ0n) is 13.7. The molecule has 0 spiro atoms.